The first-order valence-electron chi connectivity index (χ1n) is 16.9. The quantitative estimate of drug-likeness (QED) is 0.223. The van der Waals surface area contributed by atoms with E-state index in [0.29, 0.717) is 25.7 Å². The molecule has 0 aromatic rings. The Hall–Kier alpha value is -1.30. The molecule has 0 aromatic heterocycles. The molecule has 3 saturated heterocycles. The molecule has 3 fully saturated rings. The minimum atomic E-state index is -1.05. The fourth-order valence-electron chi connectivity index (χ4n) is 9.71. The fraction of sp³-hybridized carbons (Fsp3) is 0.824. The van der Waals surface area contributed by atoms with Crippen LogP contribution in [-0.4, -0.2) is 82.7 Å². The summed E-state index contributed by atoms with van der Waals surface area (Å²) in [5.74, 6) is -1.65. The van der Waals surface area contributed by atoms with Gasteiger partial charge in [-0.05, 0) is 83.8 Å². The molecule has 8 bridgehead atoms. The molecule has 5 aliphatic heterocycles. The SMILES string of the molecule is CC1=C(C(C)O)C2CC3NC(CC4[N-]C(CC5[N-]C(CC1N2)C(C)C5CCC(=O)[O-])C(CCC(=O)[O-])C4C)C(C(C)O)=C3C.[Fe+2].[H+].[H+]. The van der Waals surface area contributed by atoms with Crippen LogP contribution in [0.15, 0.2) is 22.3 Å². The molecule has 0 spiro atoms. The summed E-state index contributed by atoms with van der Waals surface area (Å²) in [7, 11) is 0. The number of carboxylic acid groups (broad SMARTS) is 2. The van der Waals surface area contributed by atoms with Crippen LogP contribution in [0.2, 0.25) is 0 Å². The first-order valence-corrected chi connectivity index (χ1v) is 16.9. The van der Waals surface area contributed by atoms with Gasteiger partial charge in [-0.15, -0.1) is 24.2 Å². The molecule has 0 aliphatic carbocycles. The van der Waals surface area contributed by atoms with E-state index in [1.165, 1.54) is 0 Å². The van der Waals surface area contributed by atoms with Crippen LogP contribution in [0.3, 0.4) is 0 Å². The molecule has 5 aliphatic rings. The Morgan fingerprint density at radius 2 is 1.11 bits per heavy atom. The summed E-state index contributed by atoms with van der Waals surface area (Å²) in [5.41, 5.74) is 4.35. The summed E-state index contributed by atoms with van der Waals surface area (Å²) in [6, 6.07) is -0.153. The first-order chi connectivity index (χ1) is 20.8. The second-order valence-corrected chi connectivity index (χ2v) is 14.5. The van der Waals surface area contributed by atoms with Gasteiger partial charge in [-0.3, -0.25) is 0 Å². The molecule has 45 heavy (non-hydrogen) atoms. The Morgan fingerprint density at radius 3 is 1.51 bits per heavy atom. The third-order valence-electron chi connectivity index (χ3n) is 12.0. The summed E-state index contributed by atoms with van der Waals surface area (Å²) in [5, 5.41) is 63.2. The standard InChI is InChI=1S/C34H54N4O6.Fe/c1-15-21(7-9-31(41)42)27-14-28-22(8-10-32(43)44)16(2)24(36-28)12-29-34(20(6)40)18(4)26(38-29)13-30-33(19(5)39)17(3)25(37-30)11-23(15)35-27;/h15-16,19-30,37-40H,7-14H2,1-6H3,(H,41,42)(H,43,44);/q-2;+2. The number of nitrogens with zero attached hydrogens (tertiary/aromatic N) is 2. The molecule has 4 N–H and O–H groups in total. The van der Waals surface area contributed by atoms with Crippen molar-refractivity contribution in [1.82, 2.24) is 10.6 Å². The number of aliphatic hydroxyl groups excluding tert-OH is 2. The number of carbonyl (C=O) groups excluding carboxylic acids is 2. The van der Waals surface area contributed by atoms with Crippen LogP contribution in [0.1, 0.15) is 95.8 Å². The van der Waals surface area contributed by atoms with Gasteiger partial charge in [-0.2, -0.15) is 0 Å². The second kappa shape index (κ2) is 14.9. The normalized spacial score (nSPS) is 41.2. The summed E-state index contributed by atoms with van der Waals surface area (Å²) in [4.78, 5) is 23.0. The largest absolute Gasteiger partial charge is 2.00 e. The Morgan fingerprint density at radius 1 is 0.733 bits per heavy atom. The average Bonchev–Trinajstić information content (AvgIpc) is 3.59. The number of fused-ring (bicyclic) bond motifs is 8. The molecule has 10 nitrogen and oxygen atoms in total. The number of aliphatic carboxylic acids is 2. The maximum absolute atomic E-state index is 11.5. The molecule has 0 aromatic carbocycles. The number of carboxylic acids is 2. The van der Waals surface area contributed by atoms with E-state index in [2.05, 4.69) is 38.3 Å². The van der Waals surface area contributed by atoms with Gasteiger partial charge in [0.2, 0.25) is 0 Å². The smallest absolute Gasteiger partial charge is 0.656 e. The molecule has 5 rings (SSSR count). The molecule has 254 valence electrons. The van der Waals surface area contributed by atoms with E-state index in [9.17, 15) is 30.0 Å². The van der Waals surface area contributed by atoms with Crippen molar-refractivity contribution >= 4 is 11.9 Å². The maximum Gasteiger partial charge on any atom is 2.00 e. The van der Waals surface area contributed by atoms with Gasteiger partial charge in [-0.25, -0.2) is 0 Å². The summed E-state index contributed by atoms with van der Waals surface area (Å²) in [6.45, 7) is 12.2. The van der Waals surface area contributed by atoms with E-state index < -0.39 is 24.1 Å². The molecule has 0 radical (unpaired) electrons. The summed E-state index contributed by atoms with van der Waals surface area (Å²) in [6.07, 6.45) is 2.64. The summed E-state index contributed by atoms with van der Waals surface area (Å²) >= 11 is 0. The first kappa shape index (κ1) is 36.5. The summed E-state index contributed by atoms with van der Waals surface area (Å²) < 4.78 is 0. The van der Waals surface area contributed by atoms with Crippen LogP contribution in [0.25, 0.3) is 10.6 Å². The Labute approximate surface area is 282 Å². The van der Waals surface area contributed by atoms with Crippen molar-refractivity contribution in [2.45, 2.75) is 153 Å². The topological polar surface area (TPSA) is 173 Å². The molecular weight excluding hydrogens is 616 g/mol. The fourth-order valence-corrected chi connectivity index (χ4v) is 9.71. The van der Waals surface area contributed by atoms with Crippen LogP contribution in [0.4, 0.5) is 0 Å². The number of rotatable bonds is 8. The van der Waals surface area contributed by atoms with Crippen molar-refractivity contribution < 1.29 is 49.9 Å². The van der Waals surface area contributed by atoms with Crippen LogP contribution < -0.4 is 20.8 Å². The minimum absolute atomic E-state index is 0. The number of hydrogen-bond donors (Lipinski definition) is 4. The van der Waals surface area contributed by atoms with Gasteiger partial charge in [0.1, 0.15) is 0 Å². The Balaban J connectivity index is 0.00000256. The van der Waals surface area contributed by atoms with Crippen molar-refractivity contribution in [1.29, 1.82) is 0 Å². The van der Waals surface area contributed by atoms with Gasteiger partial charge < -0.3 is 51.3 Å². The van der Waals surface area contributed by atoms with Gasteiger partial charge in [0.15, 0.2) is 0 Å². The zero-order chi connectivity index (χ0) is 32.0. The average molecular weight is 671 g/mol. The van der Waals surface area contributed by atoms with Crippen LogP contribution in [-0.2, 0) is 26.7 Å². The monoisotopic (exact) mass is 670 g/mol. The molecule has 14 unspecified atom stereocenters. The van der Waals surface area contributed by atoms with Crippen molar-refractivity contribution in [3.63, 3.8) is 0 Å². The molecular formula is C34H54FeN4O6. The van der Waals surface area contributed by atoms with E-state index in [0.717, 1.165) is 35.1 Å². The molecule has 14 atom stereocenters. The van der Waals surface area contributed by atoms with Crippen LogP contribution in [0, 0.1) is 23.7 Å². The van der Waals surface area contributed by atoms with Crippen LogP contribution >= 0.6 is 0 Å². The van der Waals surface area contributed by atoms with E-state index in [4.69, 9.17) is 10.6 Å². The number of aliphatic hydroxyl groups is 2. The van der Waals surface area contributed by atoms with E-state index >= 15 is 0 Å². The van der Waals surface area contributed by atoms with E-state index in [1.54, 1.807) is 0 Å². The second-order valence-electron chi connectivity index (χ2n) is 14.5. The molecule has 5 heterocycles. The third kappa shape index (κ3) is 7.56. The van der Waals surface area contributed by atoms with Gasteiger partial charge in [-0.1, -0.05) is 55.1 Å². The minimum Gasteiger partial charge on any atom is -0.656 e. The van der Waals surface area contributed by atoms with E-state index in [-0.39, 0.29) is 105 Å². The van der Waals surface area contributed by atoms with Gasteiger partial charge >= 0.3 is 19.9 Å². The molecule has 0 saturated carbocycles. The van der Waals surface area contributed by atoms with Crippen molar-refractivity contribution in [3.05, 3.63) is 32.9 Å². The van der Waals surface area contributed by atoms with Gasteiger partial charge in [0.05, 0.1) is 12.2 Å². The van der Waals surface area contributed by atoms with Crippen LogP contribution in [0.5, 0.6) is 0 Å². The predicted molar refractivity (Wildman–Crippen MR) is 167 cm³/mol. The Bertz CT molecular complexity index is 1170. The number of hydrogen-bond acceptors (Lipinski definition) is 8. The van der Waals surface area contributed by atoms with Gasteiger partial charge in [0, 0.05) is 36.1 Å². The van der Waals surface area contributed by atoms with Crippen molar-refractivity contribution in [2.75, 3.05) is 0 Å². The predicted octanol–water partition coefficient (Wildman–Crippen LogP) is 1.67. The van der Waals surface area contributed by atoms with E-state index in [1.807, 2.05) is 13.8 Å². The number of nitrogens with one attached hydrogen (secondary N) is 2. The number of carbonyl (C=O) groups is 2. The molecule has 11 heteroatoms. The zero-order valence-corrected chi connectivity index (χ0v) is 28.6. The Kier molecular flexibility index (Phi) is 12.1. The third-order valence-corrected chi connectivity index (χ3v) is 12.0. The van der Waals surface area contributed by atoms with Gasteiger partial charge in [0.25, 0.3) is 0 Å². The zero-order valence-electron chi connectivity index (χ0n) is 29.5. The maximum atomic E-state index is 11.5. The molecule has 0 amide bonds. The van der Waals surface area contributed by atoms with Crippen molar-refractivity contribution in [2.24, 2.45) is 23.7 Å². The van der Waals surface area contributed by atoms with Crippen molar-refractivity contribution in [3.8, 4) is 0 Å².